The van der Waals surface area contributed by atoms with Crippen molar-refractivity contribution in [3.63, 3.8) is 0 Å². The molecule has 1 fully saturated rings. The molecule has 0 spiro atoms. The fourth-order valence-corrected chi connectivity index (χ4v) is 2.43. The van der Waals surface area contributed by atoms with Gasteiger partial charge in [-0.3, -0.25) is 0 Å². The van der Waals surface area contributed by atoms with Gasteiger partial charge in [-0.05, 0) is 31.6 Å². The number of carbonyl (C=O) groups excluding carboxylic acids is 1. The maximum Gasteiger partial charge on any atom is 0.123 e. The van der Waals surface area contributed by atoms with Crippen molar-refractivity contribution in [2.75, 3.05) is 0 Å². The molecule has 0 bridgehead atoms. The Morgan fingerprint density at radius 2 is 2.00 bits per heavy atom. The van der Waals surface area contributed by atoms with Crippen molar-refractivity contribution in [1.82, 2.24) is 0 Å². The average Bonchev–Trinajstić information content (AvgIpc) is 2.18. The van der Waals surface area contributed by atoms with Gasteiger partial charge in [-0.15, -0.1) is 0 Å². The zero-order chi connectivity index (χ0) is 9.68. The van der Waals surface area contributed by atoms with Crippen molar-refractivity contribution in [2.24, 2.45) is 17.8 Å². The second-order valence-corrected chi connectivity index (χ2v) is 4.13. The third-order valence-corrected chi connectivity index (χ3v) is 3.20. The summed E-state index contributed by atoms with van der Waals surface area (Å²) in [6.45, 7) is 4.12. The molecule has 1 saturated carbocycles. The number of carbonyl (C=O) groups is 1. The van der Waals surface area contributed by atoms with Crippen LogP contribution in [-0.2, 0) is 4.79 Å². The molecule has 1 aliphatic rings. The summed E-state index contributed by atoms with van der Waals surface area (Å²) in [5.41, 5.74) is 0. The Labute approximate surface area is 81.2 Å². The highest BCUT2D eigenvalue weighted by Crippen LogP contribution is 2.35. The lowest BCUT2D eigenvalue weighted by Gasteiger charge is -2.31. The number of hydrogen-bond donors (Lipinski definition) is 0. The van der Waals surface area contributed by atoms with Crippen LogP contribution in [-0.4, -0.2) is 6.29 Å². The van der Waals surface area contributed by atoms with Crippen molar-refractivity contribution in [3.05, 3.63) is 12.2 Å². The second kappa shape index (κ2) is 5.21. The monoisotopic (exact) mass is 180 g/mol. The van der Waals surface area contributed by atoms with E-state index in [1.165, 1.54) is 25.7 Å². The van der Waals surface area contributed by atoms with Crippen LogP contribution in [0.2, 0.25) is 0 Å². The van der Waals surface area contributed by atoms with Gasteiger partial charge in [0.1, 0.15) is 6.29 Å². The summed E-state index contributed by atoms with van der Waals surface area (Å²) in [7, 11) is 0. The van der Waals surface area contributed by atoms with Gasteiger partial charge in [-0.25, -0.2) is 0 Å². The Bertz CT molecular complexity index is 184. The van der Waals surface area contributed by atoms with Crippen molar-refractivity contribution in [3.8, 4) is 0 Å². The molecule has 1 aliphatic carbocycles. The summed E-state index contributed by atoms with van der Waals surface area (Å²) in [6.07, 6.45) is 10.7. The van der Waals surface area contributed by atoms with E-state index in [2.05, 4.69) is 26.0 Å². The van der Waals surface area contributed by atoms with Gasteiger partial charge in [0.05, 0.1) is 0 Å². The topological polar surface area (TPSA) is 17.1 Å². The van der Waals surface area contributed by atoms with E-state index in [0.29, 0.717) is 11.8 Å². The molecule has 1 nitrogen and oxygen atoms in total. The van der Waals surface area contributed by atoms with Crippen LogP contribution in [0.15, 0.2) is 12.2 Å². The highest BCUT2D eigenvalue weighted by molar-refractivity contribution is 5.53. The SMILES string of the molecule is C/C=C/C1CCCCC1C(C)C=O. The van der Waals surface area contributed by atoms with Crippen LogP contribution in [0, 0.1) is 17.8 Å². The second-order valence-electron chi connectivity index (χ2n) is 4.13. The molecular formula is C12H20O. The van der Waals surface area contributed by atoms with Crippen LogP contribution in [0.25, 0.3) is 0 Å². The molecule has 0 aliphatic heterocycles. The van der Waals surface area contributed by atoms with Gasteiger partial charge in [-0.2, -0.15) is 0 Å². The Morgan fingerprint density at radius 1 is 1.31 bits per heavy atom. The van der Waals surface area contributed by atoms with Gasteiger partial charge in [0, 0.05) is 5.92 Å². The van der Waals surface area contributed by atoms with Gasteiger partial charge in [0.25, 0.3) is 0 Å². The summed E-state index contributed by atoms with van der Waals surface area (Å²) in [5.74, 6) is 1.49. The first-order valence-electron chi connectivity index (χ1n) is 5.37. The van der Waals surface area contributed by atoms with Crippen LogP contribution in [0.5, 0.6) is 0 Å². The maximum atomic E-state index is 10.7. The molecule has 74 valence electrons. The molecule has 1 heteroatoms. The molecular weight excluding hydrogens is 160 g/mol. The van der Waals surface area contributed by atoms with Gasteiger partial charge in [0.15, 0.2) is 0 Å². The Balaban J connectivity index is 2.60. The highest BCUT2D eigenvalue weighted by Gasteiger charge is 2.27. The molecule has 3 unspecified atom stereocenters. The van der Waals surface area contributed by atoms with Gasteiger partial charge >= 0.3 is 0 Å². The predicted octanol–water partition coefficient (Wildman–Crippen LogP) is 3.20. The first kappa shape index (κ1) is 10.5. The number of hydrogen-bond acceptors (Lipinski definition) is 1. The lowest BCUT2D eigenvalue weighted by atomic mass is 9.73. The lowest BCUT2D eigenvalue weighted by molar-refractivity contribution is -0.112. The van der Waals surface area contributed by atoms with Gasteiger partial charge in [-0.1, -0.05) is 31.9 Å². The normalized spacial score (nSPS) is 31.8. The Kier molecular flexibility index (Phi) is 4.20. The molecule has 0 aromatic rings. The summed E-state index contributed by atoms with van der Waals surface area (Å²) in [6, 6.07) is 0. The summed E-state index contributed by atoms with van der Waals surface area (Å²) in [5, 5.41) is 0. The molecule has 13 heavy (non-hydrogen) atoms. The molecule has 0 radical (unpaired) electrons. The zero-order valence-corrected chi connectivity index (χ0v) is 8.70. The predicted molar refractivity (Wildman–Crippen MR) is 55.5 cm³/mol. The van der Waals surface area contributed by atoms with Crippen molar-refractivity contribution >= 4 is 6.29 Å². The molecule has 0 amide bonds. The number of aldehydes is 1. The smallest absolute Gasteiger partial charge is 0.123 e. The van der Waals surface area contributed by atoms with E-state index in [-0.39, 0.29) is 5.92 Å². The molecule has 0 N–H and O–H groups in total. The minimum absolute atomic E-state index is 0.237. The van der Waals surface area contributed by atoms with Crippen molar-refractivity contribution in [2.45, 2.75) is 39.5 Å². The van der Waals surface area contributed by atoms with Crippen molar-refractivity contribution in [1.29, 1.82) is 0 Å². The molecule has 1 rings (SSSR count). The quantitative estimate of drug-likeness (QED) is 0.481. The molecule has 0 saturated heterocycles. The summed E-state index contributed by atoms with van der Waals surface area (Å²) >= 11 is 0. The lowest BCUT2D eigenvalue weighted by Crippen LogP contribution is -2.24. The largest absolute Gasteiger partial charge is 0.303 e. The van der Waals surface area contributed by atoms with E-state index >= 15 is 0 Å². The van der Waals surface area contributed by atoms with E-state index in [4.69, 9.17) is 0 Å². The van der Waals surface area contributed by atoms with E-state index < -0.39 is 0 Å². The van der Waals surface area contributed by atoms with E-state index in [9.17, 15) is 4.79 Å². The highest BCUT2D eigenvalue weighted by atomic mass is 16.1. The maximum absolute atomic E-state index is 10.7. The number of allylic oxidation sites excluding steroid dienone is 2. The fraction of sp³-hybridized carbons (Fsp3) is 0.750. The van der Waals surface area contributed by atoms with Crippen molar-refractivity contribution < 1.29 is 4.79 Å². The summed E-state index contributed by atoms with van der Waals surface area (Å²) < 4.78 is 0. The first-order valence-corrected chi connectivity index (χ1v) is 5.37. The third kappa shape index (κ3) is 2.68. The third-order valence-electron chi connectivity index (χ3n) is 3.20. The van der Waals surface area contributed by atoms with Crippen LogP contribution < -0.4 is 0 Å². The minimum Gasteiger partial charge on any atom is -0.303 e. The zero-order valence-electron chi connectivity index (χ0n) is 8.70. The minimum atomic E-state index is 0.237. The molecule has 3 atom stereocenters. The van der Waals surface area contributed by atoms with Crippen LogP contribution >= 0.6 is 0 Å². The molecule has 0 aromatic heterocycles. The van der Waals surface area contributed by atoms with Gasteiger partial charge in [0.2, 0.25) is 0 Å². The molecule has 0 heterocycles. The van der Waals surface area contributed by atoms with Crippen LogP contribution in [0.4, 0.5) is 0 Å². The van der Waals surface area contributed by atoms with Crippen LogP contribution in [0.1, 0.15) is 39.5 Å². The first-order chi connectivity index (χ1) is 6.29. The summed E-state index contributed by atoms with van der Waals surface area (Å²) in [4.78, 5) is 10.7. The van der Waals surface area contributed by atoms with Gasteiger partial charge < -0.3 is 4.79 Å². The van der Waals surface area contributed by atoms with E-state index in [0.717, 1.165) is 6.29 Å². The van der Waals surface area contributed by atoms with E-state index in [1.54, 1.807) is 0 Å². The Hall–Kier alpha value is -0.590. The number of rotatable bonds is 3. The standard InChI is InChI=1S/C12H20O/c1-3-6-11-7-4-5-8-12(11)10(2)9-13/h3,6,9-12H,4-5,7-8H2,1-2H3/b6-3+. The Morgan fingerprint density at radius 3 is 2.62 bits per heavy atom. The van der Waals surface area contributed by atoms with E-state index in [1.807, 2.05) is 0 Å². The molecule has 0 aromatic carbocycles. The fourth-order valence-electron chi connectivity index (χ4n) is 2.43. The van der Waals surface area contributed by atoms with Crippen LogP contribution in [0.3, 0.4) is 0 Å². The average molecular weight is 180 g/mol.